The van der Waals surface area contributed by atoms with Crippen molar-refractivity contribution in [2.75, 3.05) is 25.4 Å². The van der Waals surface area contributed by atoms with Gasteiger partial charge in [0.1, 0.15) is 10.4 Å². The van der Waals surface area contributed by atoms with Crippen molar-refractivity contribution in [3.8, 4) is 17.1 Å². The molecule has 0 saturated carbocycles. The first-order valence-corrected chi connectivity index (χ1v) is 14.6. The molecule has 1 saturated heterocycles. The van der Waals surface area contributed by atoms with E-state index in [-0.39, 0.29) is 17.2 Å². The van der Waals surface area contributed by atoms with Crippen molar-refractivity contribution >= 4 is 51.6 Å². The molecule has 0 spiro atoms. The minimum absolute atomic E-state index is 0.0624. The Hall–Kier alpha value is -2.95. The molecule has 37 heavy (non-hydrogen) atoms. The van der Waals surface area contributed by atoms with E-state index in [0.29, 0.717) is 31.8 Å². The Bertz CT molecular complexity index is 1530. The van der Waals surface area contributed by atoms with Gasteiger partial charge >= 0.3 is 0 Å². The predicted molar refractivity (Wildman–Crippen MR) is 152 cm³/mol. The van der Waals surface area contributed by atoms with Gasteiger partial charge in [-0.3, -0.25) is 18.7 Å². The number of ether oxygens (including phenoxy) is 1. The lowest BCUT2D eigenvalue weighted by atomic mass is 10.1. The van der Waals surface area contributed by atoms with Gasteiger partial charge in [-0.05, 0) is 80.4 Å². The van der Waals surface area contributed by atoms with Crippen LogP contribution in [0.5, 0.6) is 5.75 Å². The summed E-state index contributed by atoms with van der Waals surface area (Å²) >= 11 is 8.24. The maximum Gasteiger partial charge on any atom is 0.278 e. The smallest absolute Gasteiger partial charge is 0.278 e. The lowest BCUT2D eigenvalue weighted by Gasteiger charge is -2.16. The average Bonchev–Trinajstić information content (AvgIpc) is 3.57. The first-order chi connectivity index (χ1) is 18.0. The van der Waals surface area contributed by atoms with Crippen molar-refractivity contribution < 1.29 is 9.53 Å². The molecule has 7 nitrogen and oxygen atoms in total. The summed E-state index contributed by atoms with van der Waals surface area (Å²) in [5, 5.41) is 0.459. The van der Waals surface area contributed by atoms with Gasteiger partial charge in [-0.1, -0.05) is 42.2 Å². The summed E-state index contributed by atoms with van der Waals surface area (Å²) < 4.78 is 10.0. The van der Waals surface area contributed by atoms with E-state index >= 15 is 0 Å². The molecule has 0 atom stereocenters. The molecule has 0 N–H and O–H groups in total. The third kappa shape index (κ3) is 5.23. The van der Waals surface area contributed by atoms with Crippen LogP contribution in [0.25, 0.3) is 21.7 Å². The molecule has 10 heteroatoms. The van der Waals surface area contributed by atoms with Crippen molar-refractivity contribution in [2.24, 2.45) is 0 Å². The van der Waals surface area contributed by atoms with Crippen molar-refractivity contribution in [3.05, 3.63) is 68.4 Å². The van der Waals surface area contributed by atoms with Crippen LogP contribution in [0.1, 0.15) is 32.3 Å². The Morgan fingerprint density at radius 1 is 1.03 bits per heavy atom. The molecule has 1 fully saturated rings. The Kier molecular flexibility index (Phi) is 7.78. The van der Waals surface area contributed by atoms with Gasteiger partial charge < -0.3 is 9.64 Å². The van der Waals surface area contributed by atoms with E-state index in [1.165, 1.54) is 28.7 Å². The molecule has 0 aliphatic carbocycles. The Morgan fingerprint density at radius 3 is 2.32 bits per heavy atom. The maximum atomic E-state index is 13.9. The van der Waals surface area contributed by atoms with E-state index in [1.807, 2.05) is 52.8 Å². The molecule has 1 aliphatic heterocycles. The minimum Gasteiger partial charge on any atom is -0.494 e. The average molecular weight is 553 g/mol. The summed E-state index contributed by atoms with van der Waals surface area (Å²) in [6.07, 6.45) is 3.00. The van der Waals surface area contributed by atoms with Gasteiger partial charge in [-0.2, -0.15) is 0 Å². The second-order valence-corrected chi connectivity index (χ2v) is 11.3. The molecule has 0 bridgehead atoms. The highest BCUT2D eigenvalue weighted by Crippen LogP contribution is 2.28. The van der Waals surface area contributed by atoms with Crippen molar-refractivity contribution in [1.82, 2.24) is 19.0 Å². The number of rotatable bonds is 8. The summed E-state index contributed by atoms with van der Waals surface area (Å²) in [5.41, 5.74) is 3.06. The number of carbonyl (C=O) groups is 1. The van der Waals surface area contributed by atoms with Crippen LogP contribution in [0.4, 0.5) is 0 Å². The number of likely N-dealkylation sites (tertiary alicyclic amines) is 1. The number of thiazole rings is 1. The van der Waals surface area contributed by atoms with Crippen LogP contribution < -0.4 is 10.3 Å². The zero-order valence-corrected chi connectivity index (χ0v) is 23.3. The molecule has 5 rings (SSSR count). The molecular formula is C27H28N4O3S3. The topological polar surface area (TPSA) is 69.4 Å². The minimum atomic E-state index is -0.203. The van der Waals surface area contributed by atoms with Gasteiger partial charge in [0.25, 0.3) is 5.56 Å². The van der Waals surface area contributed by atoms with Gasteiger partial charge in [0.15, 0.2) is 14.8 Å². The number of nitrogens with zero attached hydrogens (tertiary/aromatic N) is 4. The highest BCUT2D eigenvalue weighted by molar-refractivity contribution is 7.99. The Balaban J connectivity index is 1.63. The standard InChI is InChI=1S/C27H28N4O3S3/c1-3-18-7-9-19(10-8-18)30-24-23(37-27(30)35)25(33)31(20-11-13-21(14-12-20)34-4-2)26(28-24)36-17-22(32)29-15-5-6-16-29/h7-14H,3-6,15-17H2,1-2H3. The number of thioether (sulfide) groups is 1. The van der Waals surface area contributed by atoms with E-state index in [2.05, 4.69) is 19.1 Å². The van der Waals surface area contributed by atoms with Gasteiger partial charge in [0.05, 0.1) is 18.0 Å². The fraction of sp³-hybridized carbons (Fsp3) is 0.333. The third-order valence-corrected chi connectivity index (χ3v) is 8.64. The highest BCUT2D eigenvalue weighted by Gasteiger charge is 2.22. The molecule has 3 heterocycles. The van der Waals surface area contributed by atoms with Crippen molar-refractivity contribution in [2.45, 2.75) is 38.3 Å². The second-order valence-electron chi connectivity index (χ2n) is 8.71. The molecule has 1 amide bonds. The SMILES string of the molecule is CCOc1ccc(-n2c(SCC(=O)N3CCCC3)nc3c(sc(=S)n3-c3ccc(CC)cc3)c2=O)cc1. The molecule has 0 unspecified atom stereocenters. The first kappa shape index (κ1) is 25.7. The van der Waals surface area contributed by atoms with E-state index in [1.54, 1.807) is 4.57 Å². The van der Waals surface area contributed by atoms with Gasteiger partial charge in [-0.25, -0.2) is 4.98 Å². The number of aromatic nitrogens is 3. The molecular weight excluding hydrogens is 525 g/mol. The van der Waals surface area contributed by atoms with Gasteiger partial charge in [-0.15, -0.1) is 0 Å². The quantitative estimate of drug-likeness (QED) is 0.160. The number of amides is 1. The summed E-state index contributed by atoms with van der Waals surface area (Å²) in [6, 6.07) is 15.5. The molecule has 1 aliphatic rings. The number of carbonyl (C=O) groups excluding carboxylic acids is 1. The van der Waals surface area contributed by atoms with E-state index < -0.39 is 0 Å². The monoisotopic (exact) mass is 552 g/mol. The summed E-state index contributed by atoms with van der Waals surface area (Å²) in [4.78, 5) is 33.6. The van der Waals surface area contributed by atoms with Crippen LogP contribution in [-0.2, 0) is 11.2 Å². The highest BCUT2D eigenvalue weighted by atomic mass is 32.2. The fourth-order valence-electron chi connectivity index (χ4n) is 4.41. The third-order valence-electron chi connectivity index (χ3n) is 6.37. The largest absolute Gasteiger partial charge is 0.494 e. The summed E-state index contributed by atoms with van der Waals surface area (Å²) in [6.45, 7) is 6.17. The van der Waals surface area contributed by atoms with Crippen molar-refractivity contribution in [1.29, 1.82) is 0 Å². The normalized spacial score (nSPS) is 13.4. The molecule has 2 aromatic heterocycles. The Morgan fingerprint density at radius 2 is 1.68 bits per heavy atom. The molecule has 0 radical (unpaired) electrons. The van der Waals surface area contributed by atoms with Crippen LogP contribution in [0.15, 0.2) is 58.5 Å². The van der Waals surface area contributed by atoms with E-state index in [0.717, 1.165) is 43.8 Å². The Labute approximate surface area is 228 Å². The summed E-state index contributed by atoms with van der Waals surface area (Å²) in [5.74, 6) is 1.00. The number of benzene rings is 2. The second kappa shape index (κ2) is 11.2. The van der Waals surface area contributed by atoms with Gasteiger partial charge in [0.2, 0.25) is 5.91 Å². The molecule has 192 valence electrons. The molecule has 2 aromatic carbocycles. The predicted octanol–water partition coefficient (Wildman–Crippen LogP) is 5.64. The van der Waals surface area contributed by atoms with E-state index in [9.17, 15) is 9.59 Å². The first-order valence-electron chi connectivity index (χ1n) is 12.4. The zero-order chi connectivity index (χ0) is 25.9. The summed E-state index contributed by atoms with van der Waals surface area (Å²) in [7, 11) is 0. The number of hydrogen-bond acceptors (Lipinski definition) is 7. The lowest BCUT2D eigenvalue weighted by Crippen LogP contribution is -2.29. The zero-order valence-electron chi connectivity index (χ0n) is 20.8. The van der Waals surface area contributed by atoms with Crippen LogP contribution in [0.3, 0.4) is 0 Å². The number of aryl methyl sites for hydroxylation is 1. The molecule has 4 aromatic rings. The van der Waals surface area contributed by atoms with Crippen LogP contribution in [0, 0.1) is 3.95 Å². The van der Waals surface area contributed by atoms with E-state index in [4.69, 9.17) is 21.9 Å². The van der Waals surface area contributed by atoms with Crippen molar-refractivity contribution in [3.63, 3.8) is 0 Å². The van der Waals surface area contributed by atoms with Crippen LogP contribution in [-0.4, -0.2) is 50.4 Å². The van der Waals surface area contributed by atoms with Crippen LogP contribution in [0.2, 0.25) is 0 Å². The number of fused-ring (bicyclic) bond motifs is 1. The van der Waals surface area contributed by atoms with Gasteiger partial charge in [0, 0.05) is 18.8 Å². The fourth-order valence-corrected chi connectivity index (χ4v) is 6.62. The van der Waals surface area contributed by atoms with Crippen LogP contribution >= 0.6 is 35.3 Å². The maximum absolute atomic E-state index is 13.9. The lowest BCUT2D eigenvalue weighted by molar-refractivity contribution is -0.127. The number of hydrogen-bond donors (Lipinski definition) is 0.